The number of anilines is 1. The topological polar surface area (TPSA) is 122 Å². The largest absolute Gasteiger partial charge is 0.330 e. The summed E-state index contributed by atoms with van der Waals surface area (Å²) in [7, 11) is 0. The Balaban J connectivity index is 2.69. The summed E-state index contributed by atoms with van der Waals surface area (Å²) < 4.78 is 0. The number of amides is 1. The van der Waals surface area contributed by atoms with Gasteiger partial charge in [0.25, 0.3) is 5.69 Å². The SMILES string of the molecule is N#Cc1ccc(NC(=O)CCCCCN)c([N+](=O)[O-])c1. The van der Waals surface area contributed by atoms with Crippen LogP contribution < -0.4 is 11.1 Å². The zero-order chi connectivity index (χ0) is 15.0. The maximum absolute atomic E-state index is 11.7. The van der Waals surface area contributed by atoms with Crippen LogP contribution in [0.3, 0.4) is 0 Å². The number of nitrogens with zero attached hydrogens (tertiary/aromatic N) is 2. The number of benzene rings is 1. The first-order chi connectivity index (χ1) is 9.58. The molecule has 3 N–H and O–H groups in total. The first-order valence-electron chi connectivity index (χ1n) is 6.27. The van der Waals surface area contributed by atoms with Crippen molar-refractivity contribution in [2.75, 3.05) is 11.9 Å². The summed E-state index contributed by atoms with van der Waals surface area (Å²) in [6.45, 7) is 0.586. The zero-order valence-corrected chi connectivity index (χ0v) is 11.0. The van der Waals surface area contributed by atoms with Gasteiger partial charge in [-0.1, -0.05) is 6.42 Å². The Morgan fingerprint density at radius 1 is 1.40 bits per heavy atom. The van der Waals surface area contributed by atoms with E-state index in [9.17, 15) is 14.9 Å². The molecule has 0 fully saturated rings. The molecule has 0 radical (unpaired) electrons. The van der Waals surface area contributed by atoms with Gasteiger partial charge in [0.15, 0.2) is 0 Å². The number of nitrogens with one attached hydrogen (secondary N) is 1. The van der Waals surface area contributed by atoms with Crippen LogP contribution in [0.15, 0.2) is 18.2 Å². The number of unbranched alkanes of at least 4 members (excludes halogenated alkanes) is 2. The third kappa shape index (κ3) is 4.66. The van der Waals surface area contributed by atoms with Gasteiger partial charge in [0.05, 0.1) is 16.6 Å². The second-order valence-corrected chi connectivity index (χ2v) is 4.25. The summed E-state index contributed by atoms with van der Waals surface area (Å²) >= 11 is 0. The van der Waals surface area contributed by atoms with E-state index >= 15 is 0 Å². The highest BCUT2D eigenvalue weighted by atomic mass is 16.6. The highest BCUT2D eigenvalue weighted by Crippen LogP contribution is 2.25. The molecular formula is C13H16N4O3. The molecular weight excluding hydrogens is 260 g/mol. The lowest BCUT2D eigenvalue weighted by atomic mass is 10.1. The quantitative estimate of drug-likeness (QED) is 0.447. The minimum absolute atomic E-state index is 0.109. The summed E-state index contributed by atoms with van der Waals surface area (Å²) in [5.41, 5.74) is 5.36. The number of hydrogen-bond donors (Lipinski definition) is 2. The molecule has 0 saturated heterocycles. The summed E-state index contributed by atoms with van der Waals surface area (Å²) in [5.74, 6) is -0.283. The second-order valence-electron chi connectivity index (χ2n) is 4.25. The van der Waals surface area contributed by atoms with Crippen LogP contribution in [0.2, 0.25) is 0 Å². The number of hydrogen-bond acceptors (Lipinski definition) is 5. The van der Waals surface area contributed by atoms with Gasteiger partial charge in [-0.25, -0.2) is 0 Å². The minimum Gasteiger partial charge on any atom is -0.330 e. The minimum atomic E-state index is -0.620. The van der Waals surface area contributed by atoms with Gasteiger partial charge in [0.2, 0.25) is 5.91 Å². The number of rotatable bonds is 7. The molecule has 0 aliphatic carbocycles. The molecule has 0 saturated carbocycles. The summed E-state index contributed by atoms with van der Waals surface area (Å²) in [6.07, 6.45) is 2.67. The molecule has 0 atom stereocenters. The molecule has 0 aromatic heterocycles. The molecule has 7 nitrogen and oxygen atoms in total. The molecule has 106 valence electrons. The number of nitriles is 1. The molecule has 1 rings (SSSR count). The van der Waals surface area contributed by atoms with Crippen molar-refractivity contribution in [2.24, 2.45) is 5.73 Å². The normalized spacial score (nSPS) is 9.80. The van der Waals surface area contributed by atoms with Gasteiger partial charge in [0.1, 0.15) is 5.69 Å². The van der Waals surface area contributed by atoms with Crippen molar-refractivity contribution in [3.8, 4) is 6.07 Å². The van der Waals surface area contributed by atoms with E-state index in [1.165, 1.54) is 12.1 Å². The first-order valence-corrected chi connectivity index (χ1v) is 6.27. The number of carbonyl (C=O) groups is 1. The molecule has 0 aliphatic rings. The van der Waals surface area contributed by atoms with Crippen LogP contribution in [0.1, 0.15) is 31.2 Å². The lowest BCUT2D eigenvalue weighted by Gasteiger charge is -2.06. The molecule has 7 heteroatoms. The molecule has 0 bridgehead atoms. The van der Waals surface area contributed by atoms with E-state index in [1.807, 2.05) is 6.07 Å². The van der Waals surface area contributed by atoms with Gasteiger partial charge in [0, 0.05) is 12.5 Å². The van der Waals surface area contributed by atoms with Gasteiger partial charge in [-0.2, -0.15) is 5.26 Å². The van der Waals surface area contributed by atoms with Crippen LogP contribution >= 0.6 is 0 Å². The molecule has 0 heterocycles. The molecule has 0 unspecified atom stereocenters. The van der Waals surface area contributed by atoms with Crippen LogP contribution in [0.4, 0.5) is 11.4 Å². The predicted molar refractivity (Wildman–Crippen MR) is 74.0 cm³/mol. The predicted octanol–water partition coefficient (Wildman–Crippen LogP) is 1.92. The third-order valence-corrected chi connectivity index (χ3v) is 2.71. The average molecular weight is 276 g/mol. The maximum atomic E-state index is 11.7. The Bertz CT molecular complexity index is 537. The maximum Gasteiger partial charge on any atom is 0.294 e. The van der Waals surface area contributed by atoms with E-state index in [-0.39, 0.29) is 29.3 Å². The molecule has 1 amide bonds. The monoisotopic (exact) mass is 276 g/mol. The van der Waals surface area contributed by atoms with E-state index in [2.05, 4.69) is 5.32 Å². The van der Waals surface area contributed by atoms with Gasteiger partial charge < -0.3 is 11.1 Å². The molecule has 1 aromatic carbocycles. The fourth-order valence-electron chi connectivity index (χ4n) is 1.68. The van der Waals surface area contributed by atoms with Crippen molar-refractivity contribution in [1.29, 1.82) is 5.26 Å². The van der Waals surface area contributed by atoms with Crippen molar-refractivity contribution in [3.05, 3.63) is 33.9 Å². The smallest absolute Gasteiger partial charge is 0.294 e. The third-order valence-electron chi connectivity index (χ3n) is 2.71. The zero-order valence-electron chi connectivity index (χ0n) is 11.0. The van der Waals surface area contributed by atoms with Crippen molar-refractivity contribution < 1.29 is 9.72 Å². The van der Waals surface area contributed by atoms with Crippen LogP contribution in [0.5, 0.6) is 0 Å². The van der Waals surface area contributed by atoms with E-state index in [4.69, 9.17) is 11.0 Å². The Labute approximate surface area is 116 Å². The summed E-state index contributed by atoms with van der Waals surface area (Å²) in [5, 5.41) is 22.1. The first kappa shape index (κ1) is 15.6. The Morgan fingerprint density at radius 3 is 2.75 bits per heavy atom. The van der Waals surface area contributed by atoms with Gasteiger partial charge in [-0.3, -0.25) is 14.9 Å². The van der Waals surface area contributed by atoms with Gasteiger partial charge in [-0.05, 0) is 31.5 Å². The number of nitro benzene ring substituents is 1. The molecule has 0 spiro atoms. The number of nitrogens with two attached hydrogens (primary N) is 1. The summed E-state index contributed by atoms with van der Waals surface area (Å²) in [4.78, 5) is 22.0. The molecule has 20 heavy (non-hydrogen) atoms. The summed E-state index contributed by atoms with van der Waals surface area (Å²) in [6, 6.07) is 5.76. The van der Waals surface area contributed by atoms with Gasteiger partial charge in [-0.15, -0.1) is 0 Å². The van der Waals surface area contributed by atoms with Crippen LogP contribution in [0, 0.1) is 21.4 Å². The highest BCUT2D eigenvalue weighted by molar-refractivity contribution is 5.93. The van der Waals surface area contributed by atoms with Crippen LogP contribution in [-0.2, 0) is 4.79 Å². The van der Waals surface area contributed by atoms with Crippen molar-refractivity contribution in [2.45, 2.75) is 25.7 Å². The average Bonchev–Trinajstić information content (AvgIpc) is 2.43. The second kappa shape index (κ2) is 7.86. The lowest BCUT2D eigenvalue weighted by molar-refractivity contribution is -0.383. The standard InChI is InChI=1S/C13H16N4O3/c14-7-3-1-2-4-13(18)16-11-6-5-10(9-15)8-12(11)17(19)20/h5-6,8H,1-4,7,14H2,(H,16,18). The fourth-order valence-corrected chi connectivity index (χ4v) is 1.68. The van der Waals surface area contributed by atoms with E-state index in [0.717, 1.165) is 18.9 Å². The Hall–Kier alpha value is -2.46. The van der Waals surface area contributed by atoms with Crippen LogP contribution in [0.25, 0.3) is 0 Å². The fraction of sp³-hybridized carbons (Fsp3) is 0.385. The highest BCUT2D eigenvalue weighted by Gasteiger charge is 2.16. The van der Waals surface area contributed by atoms with Crippen molar-refractivity contribution in [1.82, 2.24) is 0 Å². The van der Waals surface area contributed by atoms with E-state index in [0.29, 0.717) is 13.0 Å². The van der Waals surface area contributed by atoms with Crippen molar-refractivity contribution >= 4 is 17.3 Å². The van der Waals surface area contributed by atoms with Gasteiger partial charge >= 0.3 is 0 Å². The van der Waals surface area contributed by atoms with E-state index < -0.39 is 4.92 Å². The Kier molecular flexibility index (Phi) is 6.13. The van der Waals surface area contributed by atoms with E-state index in [1.54, 1.807) is 0 Å². The van der Waals surface area contributed by atoms with Crippen LogP contribution in [-0.4, -0.2) is 17.4 Å². The number of carbonyl (C=O) groups excluding carboxylic acids is 1. The Morgan fingerprint density at radius 2 is 2.15 bits per heavy atom. The molecule has 0 aliphatic heterocycles. The lowest BCUT2D eigenvalue weighted by Crippen LogP contribution is -2.12. The molecule has 1 aromatic rings. The van der Waals surface area contributed by atoms with Crippen molar-refractivity contribution in [3.63, 3.8) is 0 Å². The number of nitro groups is 1.